The molecule has 1 N–H and O–H groups in total. The zero-order chi connectivity index (χ0) is 14.9. The Kier molecular flexibility index (Phi) is 4.14. The number of aromatic nitrogens is 2. The first kappa shape index (κ1) is 14.6. The van der Waals surface area contributed by atoms with Crippen LogP contribution in [0.15, 0.2) is 33.9 Å². The number of nitrogens with zero attached hydrogens (tertiary/aromatic N) is 1. The van der Waals surface area contributed by atoms with E-state index in [2.05, 4.69) is 18.8 Å². The highest BCUT2D eigenvalue weighted by Crippen LogP contribution is 2.14. The maximum atomic E-state index is 12.0. The molecule has 1 aromatic heterocycles. The van der Waals surface area contributed by atoms with E-state index in [-0.39, 0.29) is 17.3 Å². The van der Waals surface area contributed by atoms with E-state index < -0.39 is 5.69 Å². The zero-order valence-corrected chi connectivity index (χ0v) is 12.5. The van der Waals surface area contributed by atoms with E-state index in [1.165, 1.54) is 5.56 Å². The second-order valence-electron chi connectivity index (χ2n) is 5.16. The van der Waals surface area contributed by atoms with E-state index in [1.807, 2.05) is 24.3 Å². The van der Waals surface area contributed by atoms with Crippen molar-refractivity contribution in [3.8, 4) is 0 Å². The molecule has 0 fully saturated rings. The lowest BCUT2D eigenvalue weighted by Crippen LogP contribution is -2.36. The first-order valence-electron chi connectivity index (χ1n) is 6.48. The van der Waals surface area contributed by atoms with Crippen molar-refractivity contribution in [3.63, 3.8) is 0 Å². The Morgan fingerprint density at radius 2 is 1.80 bits per heavy atom. The molecule has 0 atom stereocenters. The summed E-state index contributed by atoms with van der Waals surface area (Å²) in [5, 5.41) is 0.103. The lowest BCUT2D eigenvalue weighted by molar-refractivity contribution is 0.691. The van der Waals surface area contributed by atoms with Gasteiger partial charge in [-0.2, -0.15) is 0 Å². The van der Waals surface area contributed by atoms with Crippen molar-refractivity contribution >= 4 is 11.6 Å². The Labute approximate surface area is 122 Å². The standard InChI is InChI=1S/C15H17ClN2O2/c1-9(2)12-6-4-11(5-7-12)8-18-14(19)10(3)13(16)17-15(18)20/h4-7,9H,8H2,1-3H3,(H,17,20). The molecule has 0 amide bonds. The van der Waals surface area contributed by atoms with Crippen molar-refractivity contribution in [2.45, 2.75) is 33.2 Å². The van der Waals surface area contributed by atoms with Crippen molar-refractivity contribution in [3.05, 3.63) is 66.9 Å². The van der Waals surface area contributed by atoms with Gasteiger partial charge in [-0.25, -0.2) is 4.79 Å². The van der Waals surface area contributed by atoms with E-state index in [0.717, 1.165) is 10.1 Å². The summed E-state index contributed by atoms with van der Waals surface area (Å²) in [4.78, 5) is 26.3. The maximum absolute atomic E-state index is 12.0. The molecule has 4 nitrogen and oxygen atoms in total. The average Bonchev–Trinajstić information content (AvgIpc) is 2.42. The number of halogens is 1. The quantitative estimate of drug-likeness (QED) is 0.884. The molecular weight excluding hydrogens is 276 g/mol. The second-order valence-corrected chi connectivity index (χ2v) is 5.53. The molecule has 0 aliphatic carbocycles. The van der Waals surface area contributed by atoms with Crippen LogP contribution >= 0.6 is 11.6 Å². The van der Waals surface area contributed by atoms with Gasteiger partial charge in [-0.15, -0.1) is 0 Å². The molecule has 0 radical (unpaired) electrons. The van der Waals surface area contributed by atoms with Crippen molar-refractivity contribution in [2.75, 3.05) is 0 Å². The van der Waals surface area contributed by atoms with Gasteiger partial charge in [-0.1, -0.05) is 49.7 Å². The molecule has 0 aliphatic rings. The van der Waals surface area contributed by atoms with Crippen LogP contribution in [0, 0.1) is 6.92 Å². The molecule has 0 bridgehead atoms. The van der Waals surface area contributed by atoms with Crippen LogP contribution in [0.2, 0.25) is 5.15 Å². The summed E-state index contributed by atoms with van der Waals surface area (Å²) in [5.74, 6) is 0.452. The highest BCUT2D eigenvalue weighted by Gasteiger charge is 2.09. The van der Waals surface area contributed by atoms with Gasteiger partial charge < -0.3 is 0 Å². The summed E-state index contributed by atoms with van der Waals surface area (Å²) in [6, 6.07) is 7.90. The number of hydrogen-bond acceptors (Lipinski definition) is 2. The maximum Gasteiger partial charge on any atom is 0.329 e. The van der Waals surface area contributed by atoms with Gasteiger partial charge in [0.05, 0.1) is 6.54 Å². The van der Waals surface area contributed by atoms with Gasteiger partial charge in [0.15, 0.2) is 0 Å². The van der Waals surface area contributed by atoms with E-state index in [9.17, 15) is 9.59 Å². The fraction of sp³-hybridized carbons (Fsp3) is 0.333. The third-order valence-corrected chi connectivity index (χ3v) is 3.72. The minimum Gasteiger partial charge on any atom is -0.297 e. The number of rotatable bonds is 3. The summed E-state index contributed by atoms with van der Waals surface area (Å²) in [6.45, 7) is 6.07. The second kappa shape index (κ2) is 5.67. The summed E-state index contributed by atoms with van der Waals surface area (Å²) >= 11 is 5.78. The summed E-state index contributed by atoms with van der Waals surface area (Å²) in [7, 11) is 0. The Hall–Kier alpha value is -1.81. The van der Waals surface area contributed by atoms with Crippen LogP contribution in [0.25, 0.3) is 0 Å². The van der Waals surface area contributed by atoms with Gasteiger partial charge in [0.2, 0.25) is 0 Å². The monoisotopic (exact) mass is 292 g/mol. The lowest BCUT2D eigenvalue weighted by atomic mass is 10.0. The van der Waals surface area contributed by atoms with Gasteiger partial charge in [-0.05, 0) is 24.0 Å². The van der Waals surface area contributed by atoms with Crippen LogP contribution in [0.5, 0.6) is 0 Å². The summed E-state index contributed by atoms with van der Waals surface area (Å²) in [5.41, 5.74) is 1.64. The first-order valence-corrected chi connectivity index (χ1v) is 6.86. The van der Waals surface area contributed by atoms with Crippen molar-refractivity contribution < 1.29 is 0 Å². The molecule has 0 saturated carbocycles. The van der Waals surface area contributed by atoms with Crippen LogP contribution in [0.3, 0.4) is 0 Å². The Morgan fingerprint density at radius 1 is 1.20 bits per heavy atom. The van der Waals surface area contributed by atoms with E-state index in [1.54, 1.807) is 6.92 Å². The smallest absolute Gasteiger partial charge is 0.297 e. The van der Waals surface area contributed by atoms with E-state index in [4.69, 9.17) is 11.6 Å². The highest BCUT2D eigenvalue weighted by atomic mass is 35.5. The number of aromatic amines is 1. The molecule has 2 aromatic rings. The average molecular weight is 293 g/mol. The van der Waals surface area contributed by atoms with Crippen LogP contribution in [-0.4, -0.2) is 9.55 Å². The molecule has 0 aliphatic heterocycles. The van der Waals surface area contributed by atoms with Crippen LogP contribution < -0.4 is 11.2 Å². The lowest BCUT2D eigenvalue weighted by Gasteiger charge is -2.09. The topological polar surface area (TPSA) is 54.9 Å². The predicted molar refractivity (Wildman–Crippen MR) is 80.7 cm³/mol. The Balaban J connectivity index is 2.38. The minimum atomic E-state index is -0.487. The van der Waals surface area contributed by atoms with E-state index >= 15 is 0 Å². The molecule has 1 aromatic carbocycles. The Morgan fingerprint density at radius 3 is 2.35 bits per heavy atom. The molecule has 20 heavy (non-hydrogen) atoms. The van der Waals surface area contributed by atoms with E-state index in [0.29, 0.717) is 11.5 Å². The molecule has 1 heterocycles. The number of H-pyrrole nitrogens is 1. The number of nitrogens with one attached hydrogen (secondary N) is 1. The highest BCUT2D eigenvalue weighted by molar-refractivity contribution is 6.30. The van der Waals surface area contributed by atoms with Crippen LogP contribution in [-0.2, 0) is 6.54 Å². The van der Waals surface area contributed by atoms with Gasteiger partial charge in [-0.3, -0.25) is 14.3 Å². The zero-order valence-electron chi connectivity index (χ0n) is 11.7. The van der Waals surface area contributed by atoms with Crippen molar-refractivity contribution in [2.24, 2.45) is 0 Å². The molecule has 0 unspecified atom stereocenters. The number of hydrogen-bond donors (Lipinski definition) is 1. The Bertz CT molecular complexity index is 727. The van der Waals surface area contributed by atoms with Crippen molar-refractivity contribution in [1.82, 2.24) is 9.55 Å². The van der Waals surface area contributed by atoms with Crippen molar-refractivity contribution in [1.29, 1.82) is 0 Å². The molecule has 106 valence electrons. The van der Waals surface area contributed by atoms with Gasteiger partial charge in [0.1, 0.15) is 5.15 Å². The number of benzene rings is 1. The first-order chi connectivity index (χ1) is 9.40. The minimum absolute atomic E-state index is 0.103. The molecular formula is C15H17ClN2O2. The van der Waals surface area contributed by atoms with Gasteiger partial charge in [0.25, 0.3) is 5.56 Å². The third-order valence-electron chi connectivity index (χ3n) is 3.34. The third kappa shape index (κ3) is 2.85. The van der Waals surface area contributed by atoms with Crippen LogP contribution in [0.4, 0.5) is 0 Å². The molecule has 2 rings (SSSR count). The summed E-state index contributed by atoms with van der Waals surface area (Å²) in [6.07, 6.45) is 0. The molecule has 0 saturated heterocycles. The fourth-order valence-electron chi connectivity index (χ4n) is 1.98. The molecule has 5 heteroatoms. The van der Waals surface area contributed by atoms with Gasteiger partial charge >= 0.3 is 5.69 Å². The largest absolute Gasteiger partial charge is 0.329 e. The normalized spacial score (nSPS) is 11.1. The van der Waals surface area contributed by atoms with Crippen LogP contribution in [0.1, 0.15) is 36.5 Å². The SMILES string of the molecule is Cc1c(Cl)[nH]c(=O)n(Cc2ccc(C(C)C)cc2)c1=O. The molecule has 0 spiro atoms. The summed E-state index contributed by atoms with van der Waals surface area (Å²) < 4.78 is 1.16. The van der Waals surface area contributed by atoms with Gasteiger partial charge in [0, 0.05) is 5.56 Å². The predicted octanol–water partition coefficient (Wildman–Crippen LogP) is 2.67. The fourth-order valence-corrected chi connectivity index (χ4v) is 2.14.